The molecule has 4 rings (SSSR count). The molecule has 0 spiro atoms. The number of nitrogens with zero attached hydrogens (tertiary/aromatic N) is 2. The van der Waals surface area contributed by atoms with Crippen molar-refractivity contribution in [2.24, 2.45) is 0 Å². The van der Waals surface area contributed by atoms with Crippen LogP contribution in [0.1, 0.15) is 56.9 Å². The Morgan fingerprint density at radius 1 is 0.944 bits per heavy atom. The number of hydrogen-bond acceptors (Lipinski definition) is 4. The van der Waals surface area contributed by atoms with Gasteiger partial charge in [-0.2, -0.15) is 5.10 Å². The van der Waals surface area contributed by atoms with Crippen molar-refractivity contribution in [2.75, 3.05) is 13.2 Å². The fourth-order valence-corrected chi connectivity index (χ4v) is 4.56. The zero-order valence-electron chi connectivity index (χ0n) is 20.3. The summed E-state index contributed by atoms with van der Waals surface area (Å²) >= 11 is 3.43. The Morgan fingerprint density at radius 2 is 1.53 bits per heavy atom. The standard InChI is InChI=1S/C29H28BrN3O3/c1-3-36-29(35)27-26(30)20(2)33(32-27)24-16-14-23(15-17-24)28(34)31-19-18-25(21-10-6-4-7-11-21)22-12-8-5-9-13-22/h4-17,25H,3,18-19H2,1-2H3,(H,31,34). The Bertz CT molecular complexity index is 1280. The van der Waals surface area contributed by atoms with E-state index in [0.29, 0.717) is 16.6 Å². The van der Waals surface area contributed by atoms with Gasteiger partial charge >= 0.3 is 5.97 Å². The summed E-state index contributed by atoms with van der Waals surface area (Å²) in [6, 6.07) is 27.8. The van der Waals surface area contributed by atoms with Gasteiger partial charge in [-0.1, -0.05) is 60.7 Å². The lowest BCUT2D eigenvalue weighted by molar-refractivity contribution is 0.0517. The van der Waals surface area contributed by atoms with Crippen LogP contribution in [0, 0.1) is 6.92 Å². The van der Waals surface area contributed by atoms with Crippen LogP contribution in [0.25, 0.3) is 5.69 Å². The highest BCUT2D eigenvalue weighted by Crippen LogP contribution is 2.28. The van der Waals surface area contributed by atoms with E-state index in [4.69, 9.17) is 4.74 Å². The minimum absolute atomic E-state index is 0.132. The molecule has 0 aliphatic rings. The molecule has 184 valence electrons. The van der Waals surface area contributed by atoms with E-state index in [1.807, 2.05) is 55.5 Å². The molecular weight excluding hydrogens is 518 g/mol. The number of aromatic nitrogens is 2. The molecule has 0 aliphatic heterocycles. The summed E-state index contributed by atoms with van der Waals surface area (Å²) in [6.45, 7) is 4.43. The van der Waals surface area contributed by atoms with Crippen molar-refractivity contribution in [1.82, 2.24) is 15.1 Å². The second-order valence-electron chi connectivity index (χ2n) is 8.35. The van der Waals surface area contributed by atoms with Crippen LogP contribution in [0.3, 0.4) is 0 Å². The summed E-state index contributed by atoms with van der Waals surface area (Å²) in [7, 11) is 0. The van der Waals surface area contributed by atoms with Gasteiger partial charge in [0, 0.05) is 18.0 Å². The number of nitrogens with one attached hydrogen (secondary N) is 1. The zero-order chi connectivity index (χ0) is 25.5. The first-order valence-corrected chi connectivity index (χ1v) is 12.7. The van der Waals surface area contributed by atoms with Crippen molar-refractivity contribution in [3.05, 3.63) is 117 Å². The topological polar surface area (TPSA) is 73.2 Å². The molecule has 0 fully saturated rings. The summed E-state index contributed by atoms with van der Waals surface area (Å²) in [5, 5.41) is 7.45. The molecule has 0 bridgehead atoms. The molecule has 0 aliphatic carbocycles. The second kappa shape index (κ2) is 11.8. The molecule has 7 heteroatoms. The normalized spacial score (nSPS) is 10.9. The summed E-state index contributed by atoms with van der Waals surface area (Å²) < 4.78 is 7.32. The Labute approximate surface area is 219 Å². The highest BCUT2D eigenvalue weighted by molar-refractivity contribution is 9.10. The van der Waals surface area contributed by atoms with Gasteiger partial charge in [0.15, 0.2) is 5.69 Å². The smallest absolute Gasteiger partial charge is 0.360 e. The van der Waals surface area contributed by atoms with Crippen LogP contribution in [0.4, 0.5) is 0 Å². The van der Waals surface area contributed by atoms with E-state index in [1.54, 1.807) is 23.7 Å². The van der Waals surface area contributed by atoms with Crippen molar-refractivity contribution >= 4 is 27.8 Å². The molecule has 3 aromatic carbocycles. The van der Waals surface area contributed by atoms with Crippen molar-refractivity contribution in [3.63, 3.8) is 0 Å². The van der Waals surface area contributed by atoms with Gasteiger partial charge < -0.3 is 10.1 Å². The Hall–Kier alpha value is -3.71. The van der Waals surface area contributed by atoms with E-state index < -0.39 is 5.97 Å². The fourth-order valence-electron chi connectivity index (χ4n) is 4.15. The third-order valence-electron chi connectivity index (χ3n) is 6.01. The first kappa shape index (κ1) is 25.4. The lowest BCUT2D eigenvalue weighted by atomic mass is 9.88. The van der Waals surface area contributed by atoms with Crippen LogP contribution in [-0.2, 0) is 4.74 Å². The van der Waals surface area contributed by atoms with Gasteiger partial charge in [-0.25, -0.2) is 9.48 Å². The molecule has 1 N–H and O–H groups in total. The van der Waals surface area contributed by atoms with Crippen LogP contribution < -0.4 is 5.32 Å². The van der Waals surface area contributed by atoms with Crippen molar-refractivity contribution in [3.8, 4) is 5.69 Å². The van der Waals surface area contributed by atoms with Crippen molar-refractivity contribution in [2.45, 2.75) is 26.2 Å². The predicted octanol–water partition coefficient (Wildman–Crippen LogP) is 6.07. The molecule has 1 amide bonds. The molecular formula is C29H28BrN3O3. The van der Waals surface area contributed by atoms with E-state index in [1.165, 1.54) is 11.1 Å². The first-order valence-electron chi connectivity index (χ1n) is 11.9. The van der Waals surface area contributed by atoms with Crippen LogP contribution in [0.15, 0.2) is 89.4 Å². The van der Waals surface area contributed by atoms with Crippen LogP contribution >= 0.6 is 15.9 Å². The zero-order valence-corrected chi connectivity index (χ0v) is 21.9. The average Bonchev–Trinajstić information content (AvgIpc) is 3.22. The molecule has 0 radical (unpaired) electrons. The molecule has 1 heterocycles. The maximum atomic E-state index is 12.8. The van der Waals surface area contributed by atoms with E-state index in [9.17, 15) is 9.59 Å². The van der Waals surface area contributed by atoms with E-state index in [2.05, 4.69) is 50.6 Å². The molecule has 36 heavy (non-hydrogen) atoms. The Balaban J connectivity index is 1.42. The van der Waals surface area contributed by atoms with Crippen molar-refractivity contribution < 1.29 is 14.3 Å². The third kappa shape index (κ3) is 5.74. The van der Waals surface area contributed by atoms with Crippen LogP contribution in [0.2, 0.25) is 0 Å². The van der Waals surface area contributed by atoms with Crippen LogP contribution in [0.5, 0.6) is 0 Å². The molecule has 1 aromatic heterocycles. The highest BCUT2D eigenvalue weighted by Gasteiger charge is 2.21. The summed E-state index contributed by atoms with van der Waals surface area (Å²) in [4.78, 5) is 25.0. The molecule has 0 atom stereocenters. The fraction of sp³-hybridized carbons (Fsp3) is 0.207. The van der Waals surface area contributed by atoms with Gasteiger partial charge in [0.05, 0.1) is 22.5 Å². The molecule has 0 unspecified atom stereocenters. The van der Waals surface area contributed by atoms with E-state index in [0.717, 1.165) is 17.8 Å². The largest absolute Gasteiger partial charge is 0.461 e. The summed E-state index contributed by atoms with van der Waals surface area (Å²) in [5.41, 5.74) is 4.75. The van der Waals surface area contributed by atoms with Gasteiger partial charge in [0.25, 0.3) is 5.91 Å². The van der Waals surface area contributed by atoms with Gasteiger partial charge in [0.2, 0.25) is 0 Å². The first-order chi connectivity index (χ1) is 17.5. The van der Waals surface area contributed by atoms with E-state index in [-0.39, 0.29) is 24.1 Å². The minimum Gasteiger partial charge on any atom is -0.461 e. The van der Waals surface area contributed by atoms with Crippen LogP contribution in [-0.4, -0.2) is 34.8 Å². The molecule has 0 saturated carbocycles. The predicted molar refractivity (Wildman–Crippen MR) is 144 cm³/mol. The number of carbonyl (C=O) groups is 2. The number of benzene rings is 3. The molecule has 6 nitrogen and oxygen atoms in total. The average molecular weight is 546 g/mol. The minimum atomic E-state index is -0.480. The monoisotopic (exact) mass is 545 g/mol. The SMILES string of the molecule is CCOC(=O)c1nn(-c2ccc(C(=O)NCCC(c3ccccc3)c3ccccc3)cc2)c(C)c1Br. The Morgan fingerprint density at radius 3 is 2.08 bits per heavy atom. The molecule has 4 aromatic rings. The summed E-state index contributed by atoms with van der Waals surface area (Å²) in [5.74, 6) is -0.413. The lowest BCUT2D eigenvalue weighted by Gasteiger charge is -2.18. The number of ether oxygens (including phenoxy) is 1. The second-order valence-corrected chi connectivity index (χ2v) is 9.14. The van der Waals surface area contributed by atoms with Crippen molar-refractivity contribution in [1.29, 1.82) is 0 Å². The van der Waals surface area contributed by atoms with Gasteiger partial charge in [0.1, 0.15) is 0 Å². The quantitative estimate of drug-likeness (QED) is 0.259. The number of amides is 1. The maximum absolute atomic E-state index is 12.8. The summed E-state index contributed by atoms with van der Waals surface area (Å²) in [6.07, 6.45) is 0.787. The number of rotatable bonds is 9. The lowest BCUT2D eigenvalue weighted by Crippen LogP contribution is -2.25. The third-order valence-corrected chi connectivity index (χ3v) is 6.96. The van der Waals surface area contributed by atoms with Gasteiger partial charge in [-0.15, -0.1) is 0 Å². The van der Waals surface area contributed by atoms with E-state index >= 15 is 0 Å². The molecule has 0 saturated heterocycles. The number of carbonyl (C=O) groups excluding carboxylic acids is 2. The maximum Gasteiger partial charge on any atom is 0.360 e. The Kier molecular flexibility index (Phi) is 8.33. The number of esters is 1. The van der Waals surface area contributed by atoms with Gasteiger partial charge in [-0.3, -0.25) is 4.79 Å². The highest BCUT2D eigenvalue weighted by atomic mass is 79.9. The number of hydrogen-bond donors (Lipinski definition) is 1. The number of halogens is 1. The van der Waals surface area contributed by atoms with Gasteiger partial charge in [-0.05, 0) is 71.6 Å².